The van der Waals surface area contributed by atoms with E-state index in [1.165, 1.54) is 0 Å². The largest absolute Gasteiger partial charge is 0.381 e. The Balaban J connectivity index is 1.80. The molecule has 6 nitrogen and oxygen atoms in total. The lowest BCUT2D eigenvalue weighted by molar-refractivity contribution is 0.180. The van der Waals surface area contributed by atoms with Gasteiger partial charge in [-0.2, -0.15) is 5.10 Å². The van der Waals surface area contributed by atoms with Crippen LogP contribution in [0.3, 0.4) is 0 Å². The third-order valence-electron chi connectivity index (χ3n) is 3.81. The lowest BCUT2D eigenvalue weighted by Crippen LogP contribution is -2.24. The number of aromatic nitrogens is 4. The molecule has 0 radical (unpaired) electrons. The maximum atomic E-state index is 6.35. The van der Waals surface area contributed by atoms with E-state index in [1.54, 1.807) is 6.20 Å². The van der Waals surface area contributed by atoms with E-state index >= 15 is 0 Å². The van der Waals surface area contributed by atoms with Crippen molar-refractivity contribution in [3.63, 3.8) is 0 Å². The normalized spacial score (nSPS) is 20.8. The zero-order valence-corrected chi connectivity index (χ0v) is 11.1. The van der Waals surface area contributed by atoms with Crippen LogP contribution in [0, 0.1) is 5.92 Å². The van der Waals surface area contributed by atoms with Crippen molar-refractivity contribution >= 4 is 0 Å². The molecule has 2 N–H and O–H groups in total. The fourth-order valence-corrected chi connectivity index (χ4v) is 2.55. The van der Waals surface area contributed by atoms with Crippen molar-refractivity contribution in [3.05, 3.63) is 36.2 Å². The molecular formula is C13H19N5O. The van der Waals surface area contributed by atoms with Crippen molar-refractivity contribution in [2.75, 3.05) is 13.2 Å². The van der Waals surface area contributed by atoms with Crippen LogP contribution in [0.2, 0.25) is 0 Å². The quantitative estimate of drug-likeness (QED) is 0.879. The Hall–Kier alpha value is -1.66. The van der Waals surface area contributed by atoms with E-state index in [-0.39, 0.29) is 6.04 Å². The molecule has 3 rings (SSSR count). The van der Waals surface area contributed by atoms with Gasteiger partial charge in [-0.25, -0.2) is 4.98 Å². The minimum absolute atomic E-state index is 0.0155. The van der Waals surface area contributed by atoms with Gasteiger partial charge in [0.05, 0.1) is 36.9 Å². The Labute approximate surface area is 112 Å². The van der Waals surface area contributed by atoms with Crippen molar-refractivity contribution < 1.29 is 4.74 Å². The van der Waals surface area contributed by atoms with Crippen molar-refractivity contribution in [2.45, 2.75) is 19.0 Å². The first-order valence-corrected chi connectivity index (χ1v) is 6.56. The summed E-state index contributed by atoms with van der Waals surface area (Å²) in [6, 6.07) is 1.99. The molecular weight excluding hydrogens is 242 g/mol. The third kappa shape index (κ3) is 2.41. The molecule has 2 atom stereocenters. The summed E-state index contributed by atoms with van der Waals surface area (Å²) in [6.07, 6.45) is 6.52. The highest BCUT2D eigenvalue weighted by molar-refractivity contribution is 5.10. The molecule has 19 heavy (non-hydrogen) atoms. The van der Waals surface area contributed by atoms with Crippen LogP contribution < -0.4 is 5.73 Å². The van der Waals surface area contributed by atoms with Crippen LogP contribution in [-0.2, 0) is 18.3 Å². The van der Waals surface area contributed by atoms with Crippen LogP contribution in [0.4, 0.5) is 0 Å². The summed E-state index contributed by atoms with van der Waals surface area (Å²) in [5.74, 6) is 0.391. The molecule has 0 saturated carbocycles. The van der Waals surface area contributed by atoms with E-state index < -0.39 is 0 Å². The summed E-state index contributed by atoms with van der Waals surface area (Å²) >= 11 is 0. The maximum Gasteiger partial charge on any atom is 0.0952 e. The maximum absolute atomic E-state index is 6.35. The van der Waals surface area contributed by atoms with Crippen molar-refractivity contribution in [3.8, 4) is 0 Å². The fourth-order valence-electron chi connectivity index (χ4n) is 2.55. The van der Waals surface area contributed by atoms with E-state index in [0.717, 1.165) is 37.6 Å². The average Bonchev–Trinajstić information content (AvgIpc) is 3.12. The number of nitrogens with two attached hydrogens (primary N) is 1. The van der Waals surface area contributed by atoms with Gasteiger partial charge in [0.25, 0.3) is 0 Å². The van der Waals surface area contributed by atoms with Gasteiger partial charge in [-0.15, -0.1) is 0 Å². The molecule has 1 fully saturated rings. The van der Waals surface area contributed by atoms with Gasteiger partial charge in [-0.05, 0) is 12.5 Å². The molecule has 3 heterocycles. The number of ether oxygens (including phenoxy) is 1. The zero-order chi connectivity index (χ0) is 13.2. The van der Waals surface area contributed by atoms with Crippen LogP contribution in [-0.4, -0.2) is 32.5 Å². The van der Waals surface area contributed by atoms with Gasteiger partial charge < -0.3 is 15.0 Å². The first kappa shape index (κ1) is 12.4. The molecule has 1 aliphatic rings. The minimum atomic E-state index is -0.0155. The Kier molecular flexibility index (Phi) is 3.35. The van der Waals surface area contributed by atoms with Gasteiger partial charge >= 0.3 is 0 Å². The van der Waals surface area contributed by atoms with E-state index in [4.69, 9.17) is 10.5 Å². The Morgan fingerprint density at radius 1 is 1.58 bits per heavy atom. The van der Waals surface area contributed by atoms with Gasteiger partial charge in [-0.1, -0.05) is 0 Å². The molecule has 2 aromatic heterocycles. The second-order valence-corrected chi connectivity index (χ2v) is 5.04. The molecule has 6 heteroatoms. The fraction of sp³-hybridized carbons (Fsp3) is 0.538. The van der Waals surface area contributed by atoms with E-state index in [2.05, 4.69) is 14.6 Å². The van der Waals surface area contributed by atoms with E-state index in [1.807, 2.05) is 30.3 Å². The number of rotatable bonds is 4. The topological polar surface area (TPSA) is 70.9 Å². The summed E-state index contributed by atoms with van der Waals surface area (Å²) in [7, 11) is 1.94. The molecule has 1 aliphatic heterocycles. The van der Waals surface area contributed by atoms with Crippen molar-refractivity contribution in [1.29, 1.82) is 0 Å². The first-order chi connectivity index (χ1) is 9.25. The number of nitrogens with zero attached hydrogens (tertiary/aromatic N) is 4. The predicted octanol–water partition coefficient (Wildman–Crippen LogP) is 0.701. The lowest BCUT2D eigenvalue weighted by Gasteiger charge is -2.19. The Bertz CT molecular complexity index is 541. The molecule has 102 valence electrons. The molecule has 2 unspecified atom stereocenters. The zero-order valence-electron chi connectivity index (χ0n) is 11.1. The minimum Gasteiger partial charge on any atom is -0.381 e. The number of imidazole rings is 1. The summed E-state index contributed by atoms with van der Waals surface area (Å²) in [6.45, 7) is 2.30. The van der Waals surface area contributed by atoms with Crippen LogP contribution in [0.5, 0.6) is 0 Å². The number of hydrogen-bond acceptors (Lipinski definition) is 4. The van der Waals surface area contributed by atoms with Gasteiger partial charge in [-0.3, -0.25) is 4.68 Å². The highest BCUT2D eigenvalue weighted by atomic mass is 16.5. The second kappa shape index (κ2) is 5.14. The van der Waals surface area contributed by atoms with Crippen molar-refractivity contribution in [2.24, 2.45) is 18.7 Å². The molecule has 1 saturated heterocycles. The Morgan fingerprint density at radius 3 is 3.16 bits per heavy atom. The number of aryl methyl sites for hydroxylation is 1. The molecule has 0 aliphatic carbocycles. The molecule has 0 bridgehead atoms. The van der Waals surface area contributed by atoms with Crippen LogP contribution in [0.15, 0.2) is 24.8 Å². The molecule has 0 spiro atoms. The Morgan fingerprint density at radius 2 is 2.47 bits per heavy atom. The van der Waals surface area contributed by atoms with Crippen LogP contribution in [0.25, 0.3) is 0 Å². The van der Waals surface area contributed by atoms with Gasteiger partial charge in [0.2, 0.25) is 0 Å². The number of hydrogen-bond donors (Lipinski definition) is 1. The van der Waals surface area contributed by atoms with Crippen molar-refractivity contribution in [1.82, 2.24) is 19.3 Å². The average molecular weight is 261 g/mol. The van der Waals surface area contributed by atoms with Crippen LogP contribution in [0.1, 0.15) is 23.9 Å². The second-order valence-electron chi connectivity index (χ2n) is 5.04. The monoisotopic (exact) mass is 261 g/mol. The van der Waals surface area contributed by atoms with Crippen LogP contribution >= 0.6 is 0 Å². The SMILES string of the molecule is Cn1nccc1Cn1cncc1C(N)C1CCOC1. The van der Waals surface area contributed by atoms with E-state index in [9.17, 15) is 0 Å². The van der Waals surface area contributed by atoms with Gasteiger partial charge in [0, 0.05) is 32.0 Å². The standard InChI is InChI=1S/C13H19N5O/c1-17-11(2-4-16-17)7-18-9-15-6-12(18)13(14)10-3-5-19-8-10/h2,4,6,9-10,13H,3,5,7-8,14H2,1H3. The highest BCUT2D eigenvalue weighted by Gasteiger charge is 2.26. The lowest BCUT2D eigenvalue weighted by atomic mass is 9.97. The van der Waals surface area contributed by atoms with E-state index in [0.29, 0.717) is 5.92 Å². The molecule has 0 aromatic carbocycles. The predicted molar refractivity (Wildman–Crippen MR) is 70.4 cm³/mol. The molecule has 2 aromatic rings. The summed E-state index contributed by atoms with van der Waals surface area (Å²) < 4.78 is 9.38. The summed E-state index contributed by atoms with van der Waals surface area (Å²) in [4.78, 5) is 4.24. The third-order valence-corrected chi connectivity index (χ3v) is 3.81. The summed E-state index contributed by atoms with van der Waals surface area (Å²) in [5.41, 5.74) is 8.55. The summed E-state index contributed by atoms with van der Waals surface area (Å²) in [5, 5.41) is 4.18. The molecule has 0 amide bonds. The van der Waals surface area contributed by atoms with Gasteiger partial charge in [0.1, 0.15) is 0 Å². The smallest absolute Gasteiger partial charge is 0.0952 e. The van der Waals surface area contributed by atoms with Gasteiger partial charge in [0.15, 0.2) is 0 Å². The first-order valence-electron chi connectivity index (χ1n) is 6.56. The highest BCUT2D eigenvalue weighted by Crippen LogP contribution is 2.26.